The molecule has 138 valence electrons. The number of nitrogens with two attached hydrogens (primary N) is 1. The first kappa shape index (κ1) is 20.3. The highest BCUT2D eigenvalue weighted by Gasteiger charge is 2.10. The molecule has 0 fully saturated rings. The van der Waals surface area contributed by atoms with E-state index < -0.39 is 0 Å². The maximum absolute atomic E-state index is 12.0. The number of benzene rings is 2. The minimum atomic E-state index is -0.220. The van der Waals surface area contributed by atoms with Crippen molar-refractivity contribution in [2.75, 3.05) is 12.3 Å². The summed E-state index contributed by atoms with van der Waals surface area (Å²) in [5, 5.41) is 3.65. The first-order chi connectivity index (χ1) is 12.5. The first-order valence-corrected chi connectivity index (χ1v) is 9.31. The normalized spacial score (nSPS) is 10.5. The number of anilines is 1. The van der Waals surface area contributed by atoms with Crippen LogP contribution < -0.4 is 11.1 Å². The number of unbranched alkanes of at least 4 members (excludes halogenated alkanes) is 2. The third kappa shape index (κ3) is 6.36. The maximum Gasteiger partial charge on any atom is 0.252 e. The van der Waals surface area contributed by atoms with E-state index in [-0.39, 0.29) is 11.7 Å². The van der Waals surface area contributed by atoms with Crippen molar-refractivity contribution >= 4 is 40.6 Å². The van der Waals surface area contributed by atoms with Gasteiger partial charge in [-0.3, -0.25) is 9.59 Å². The Morgan fingerprint density at radius 3 is 2.50 bits per heavy atom. The SMILES string of the molecule is Nc1ccccc1CC(=O)CCCCCNC(=O)c1ccc(Cl)cc1Cl. The van der Waals surface area contributed by atoms with Gasteiger partial charge in [0, 0.05) is 30.1 Å². The molecule has 0 saturated heterocycles. The highest BCUT2D eigenvalue weighted by molar-refractivity contribution is 6.36. The summed E-state index contributed by atoms with van der Waals surface area (Å²) >= 11 is 11.8. The van der Waals surface area contributed by atoms with Gasteiger partial charge in [-0.2, -0.15) is 0 Å². The molecule has 1 amide bonds. The molecule has 0 spiro atoms. The summed E-state index contributed by atoms with van der Waals surface area (Å²) in [7, 11) is 0. The number of rotatable bonds is 9. The van der Waals surface area contributed by atoms with Crippen molar-refractivity contribution < 1.29 is 9.59 Å². The summed E-state index contributed by atoms with van der Waals surface area (Å²) in [4.78, 5) is 24.1. The highest BCUT2D eigenvalue weighted by atomic mass is 35.5. The molecule has 0 aromatic heterocycles. The number of Topliss-reactive ketones (excluding diaryl/α,β-unsaturated/α-hetero) is 1. The molecule has 2 aromatic carbocycles. The molecule has 0 unspecified atom stereocenters. The van der Waals surface area contributed by atoms with Gasteiger partial charge in [0.25, 0.3) is 5.91 Å². The fourth-order valence-electron chi connectivity index (χ4n) is 2.59. The summed E-state index contributed by atoms with van der Waals surface area (Å²) in [5.74, 6) is -0.0397. The van der Waals surface area contributed by atoms with Crippen molar-refractivity contribution in [1.82, 2.24) is 5.32 Å². The number of amides is 1. The van der Waals surface area contributed by atoms with E-state index in [2.05, 4.69) is 5.32 Å². The zero-order chi connectivity index (χ0) is 18.9. The third-order valence-corrected chi connectivity index (χ3v) is 4.58. The molecule has 2 rings (SSSR count). The van der Waals surface area contributed by atoms with Crippen molar-refractivity contribution in [3.05, 3.63) is 63.6 Å². The average molecular weight is 393 g/mol. The molecule has 6 heteroatoms. The quantitative estimate of drug-likeness (QED) is 0.480. The second-order valence-corrected chi connectivity index (χ2v) is 6.95. The number of para-hydroxylation sites is 1. The molecular weight excluding hydrogens is 371 g/mol. The van der Waals surface area contributed by atoms with Gasteiger partial charge in [0.1, 0.15) is 5.78 Å². The molecule has 26 heavy (non-hydrogen) atoms. The van der Waals surface area contributed by atoms with Crippen LogP contribution in [0, 0.1) is 0 Å². The largest absolute Gasteiger partial charge is 0.398 e. The topological polar surface area (TPSA) is 72.2 Å². The van der Waals surface area contributed by atoms with Gasteiger partial charge in [-0.1, -0.05) is 47.8 Å². The number of hydrogen-bond donors (Lipinski definition) is 2. The van der Waals surface area contributed by atoms with Crippen LogP contribution in [-0.2, 0) is 11.2 Å². The Hall–Kier alpha value is -2.04. The van der Waals surface area contributed by atoms with Gasteiger partial charge >= 0.3 is 0 Å². The fraction of sp³-hybridized carbons (Fsp3) is 0.300. The average Bonchev–Trinajstić information content (AvgIpc) is 2.59. The lowest BCUT2D eigenvalue weighted by Crippen LogP contribution is -2.24. The van der Waals surface area contributed by atoms with Crippen LogP contribution in [0.3, 0.4) is 0 Å². The minimum absolute atomic E-state index is 0.180. The molecule has 0 radical (unpaired) electrons. The van der Waals surface area contributed by atoms with E-state index in [4.69, 9.17) is 28.9 Å². The lowest BCUT2D eigenvalue weighted by molar-refractivity contribution is -0.118. The van der Waals surface area contributed by atoms with Gasteiger partial charge in [0.2, 0.25) is 0 Å². The highest BCUT2D eigenvalue weighted by Crippen LogP contribution is 2.20. The Morgan fingerprint density at radius 1 is 1.00 bits per heavy atom. The molecule has 0 heterocycles. The molecule has 4 nitrogen and oxygen atoms in total. The molecule has 2 aromatic rings. The number of ketones is 1. The monoisotopic (exact) mass is 392 g/mol. The molecular formula is C20H22Cl2N2O2. The molecule has 0 aliphatic rings. The zero-order valence-electron chi connectivity index (χ0n) is 14.4. The zero-order valence-corrected chi connectivity index (χ0v) is 15.9. The van der Waals surface area contributed by atoms with E-state index in [9.17, 15) is 9.59 Å². The summed E-state index contributed by atoms with van der Waals surface area (Å²) in [5.41, 5.74) is 7.79. The maximum atomic E-state index is 12.0. The second kappa shape index (κ2) is 10.2. The number of nitrogen functional groups attached to an aromatic ring is 1. The van der Waals surface area contributed by atoms with E-state index in [1.165, 1.54) is 0 Å². The molecule has 3 N–H and O–H groups in total. The van der Waals surface area contributed by atoms with E-state index in [1.54, 1.807) is 24.3 Å². The van der Waals surface area contributed by atoms with Crippen molar-refractivity contribution in [3.63, 3.8) is 0 Å². The third-order valence-electron chi connectivity index (χ3n) is 4.04. The Balaban J connectivity index is 1.62. The standard InChI is InChI=1S/C20H22Cl2N2O2/c21-15-9-10-17(18(22)13-15)20(26)24-11-5-1-2-7-16(25)12-14-6-3-4-8-19(14)23/h3-4,6,8-10,13H,1-2,5,7,11-12,23H2,(H,24,26). The Labute approximate surface area is 163 Å². The number of halogens is 2. The van der Waals surface area contributed by atoms with Gasteiger partial charge in [0.15, 0.2) is 0 Å². The van der Waals surface area contributed by atoms with Crippen LogP contribution in [0.2, 0.25) is 10.0 Å². The van der Waals surface area contributed by atoms with Crippen LogP contribution in [-0.4, -0.2) is 18.2 Å². The lowest BCUT2D eigenvalue weighted by Gasteiger charge is -2.07. The molecule has 0 atom stereocenters. The van der Waals surface area contributed by atoms with Gasteiger partial charge in [-0.25, -0.2) is 0 Å². The summed E-state index contributed by atoms with van der Waals surface area (Å²) in [6.07, 6.45) is 3.36. The van der Waals surface area contributed by atoms with Gasteiger partial charge in [0.05, 0.1) is 10.6 Å². The van der Waals surface area contributed by atoms with E-state index in [1.807, 2.05) is 18.2 Å². The number of carbonyl (C=O) groups excluding carboxylic acids is 2. The number of nitrogens with one attached hydrogen (secondary N) is 1. The number of hydrogen-bond acceptors (Lipinski definition) is 3. The van der Waals surface area contributed by atoms with Crippen LogP contribution in [0.25, 0.3) is 0 Å². The first-order valence-electron chi connectivity index (χ1n) is 8.55. The molecule has 0 saturated carbocycles. The Morgan fingerprint density at radius 2 is 1.77 bits per heavy atom. The predicted octanol–water partition coefficient (Wildman–Crippen LogP) is 4.68. The van der Waals surface area contributed by atoms with Crippen LogP contribution in [0.1, 0.15) is 41.6 Å². The molecule has 0 aliphatic carbocycles. The minimum Gasteiger partial charge on any atom is -0.398 e. The second-order valence-electron chi connectivity index (χ2n) is 6.10. The van der Waals surface area contributed by atoms with Crippen LogP contribution in [0.15, 0.2) is 42.5 Å². The molecule has 0 aliphatic heterocycles. The van der Waals surface area contributed by atoms with Gasteiger partial charge < -0.3 is 11.1 Å². The summed E-state index contributed by atoms with van der Waals surface area (Å²) < 4.78 is 0. The fourth-order valence-corrected chi connectivity index (χ4v) is 3.09. The summed E-state index contributed by atoms with van der Waals surface area (Å²) in [6.45, 7) is 0.539. The Kier molecular flexibility index (Phi) is 7.95. The number of carbonyl (C=O) groups is 2. The van der Waals surface area contributed by atoms with Gasteiger partial charge in [-0.15, -0.1) is 0 Å². The van der Waals surface area contributed by atoms with Crippen molar-refractivity contribution in [2.45, 2.75) is 32.1 Å². The van der Waals surface area contributed by atoms with Crippen LogP contribution >= 0.6 is 23.2 Å². The van der Waals surface area contributed by atoms with E-state index >= 15 is 0 Å². The molecule has 0 bridgehead atoms. The van der Waals surface area contributed by atoms with Crippen LogP contribution in [0.5, 0.6) is 0 Å². The smallest absolute Gasteiger partial charge is 0.252 e. The van der Waals surface area contributed by atoms with Crippen molar-refractivity contribution in [3.8, 4) is 0 Å². The summed E-state index contributed by atoms with van der Waals surface area (Å²) in [6, 6.07) is 12.2. The van der Waals surface area contributed by atoms with Crippen molar-refractivity contribution in [1.29, 1.82) is 0 Å². The predicted molar refractivity (Wildman–Crippen MR) is 107 cm³/mol. The van der Waals surface area contributed by atoms with Gasteiger partial charge in [-0.05, 0) is 42.7 Å². The van der Waals surface area contributed by atoms with E-state index in [0.717, 1.165) is 24.8 Å². The Bertz CT molecular complexity index is 778. The van der Waals surface area contributed by atoms with Crippen LogP contribution in [0.4, 0.5) is 5.69 Å². The lowest BCUT2D eigenvalue weighted by atomic mass is 10.0. The van der Waals surface area contributed by atoms with E-state index in [0.29, 0.717) is 40.7 Å². The van der Waals surface area contributed by atoms with Crippen molar-refractivity contribution in [2.24, 2.45) is 0 Å².